The molecule has 0 saturated carbocycles. The van der Waals surface area contributed by atoms with Crippen molar-refractivity contribution in [3.05, 3.63) is 56.8 Å². The summed E-state index contributed by atoms with van der Waals surface area (Å²) in [5, 5.41) is 9.61. The topological polar surface area (TPSA) is 97.4 Å². The average molecular weight is 606 g/mol. The number of amides is 1. The number of hydrogen-bond donors (Lipinski definition) is 3. The van der Waals surface area contributed by atoms with Gasteiger partial charge in [-0.15, -0.1) is 0 Å². The predicted molar refractivity (Wildman–Crippen MR) is 169 cm³/mol. The number of ether oxygens (including phenoxy) is 2. The van der Waals surface area contributed by atoms with E-state index in [2.05, 4.69) is 22.7 Å². The minimum absolute atomic E-state index is 0.0274. The van der Waals surface area contributed by atoms with Crippen LogP contribution in [0.3, 0.4) is 0 Å². The lowest BCUT2D eigenvalue weighted by molar-refractivity contribution is -0.116. The average Bonchev–Trinajstić information content (AvgIpc) is 3.30. The van der Waals surface area contributed by atoms with E-state index in [1.54, 1.807) is 37.4 Å². The molecule has 0 saturated heterocycles. The molecule has 0 atom stereocenters. The van der Waals surface area contributed by atoms with Gasteiger partial charge in [0.25, 0.3) is 5.56 Å². The van der Waals surface area contributed by atoms with Gasteiger partial charge in [0.1, 0.15) is 23.0 Å². The summed E-state index contributed by atoms with van der Waals surface area (Å²) in [7, 11) is 3.06. The number of aromatic nitrogens is 2. The van der Waals surface area contributed by atoms with Crippen molar-refractivity contribution in [1.29, 1.82) is 0 Å². The maximum atomic E-state index is 12.8. The van der Waals surface area contributed by atoms with Crippen molar-refractivity contribution < 1.29 is 14.3 Å². The number of nitrogens with one attached hydrogen (secondary N) is 3. The Bertz CT molecular complexity index is 1300. The van der Waals surface area contributed by atoms with Crippen molar-refractivity contribution in [1.82, 2.24) is 9.78 Å². The molecule has 1 amide bonds. The molecule has 8 nitrogen and oxygen atoms in total. The summed E-state index contributed by atoms with van der Waals surface area (Å²) in [5.41, 5.74) is 1.14. The molecule has 224 valence electrons. The Morgan fingerprint density at radius 1 is 0.854 bits per heavy atom. The number of hydrogen-bond acceptors (Lipinski definition) is 5. The Morgan fingerprint density at radius 2 is 1.46 bits per heavy atom. The largest absolute Gasteiger partial charge is 0.497 e. The molecule has 3 rings (SSSR count). The number of nitrogens with zero attached hydrogens (tertiary/aromatic N) is 1. The summed E-state index contributed by atoms with van der Waals surface area (Å²) in [5.74, 6) is 1.39. The van der Waals surface area contributed by atoms with Gasteiger partial charge >= 0.3 is 0 Å². The molecule has 2 aromatic carbocycles. The lowest BCUT2D eigenvalue weighted by atomic mass is 10.1. The third-order valence-electron chi connectivity index (χ3n) is 6.93. The molecule has 0 bridgehead atoms. The van der Waals surface area contributed by atoms with Crippen LogP contribution >= 0.6 is 23.2 Å². The van der Waals surface area contributed by atoms with E-state index in [9.17, 15) is 9.59 Å². The molecule has 0 unspecified atom stereocenters. The summed E-state index contributed by atoms with van der Waals surface area (Å²) in [6.07, 6.45) is 14.1. The van der Waals surface area contributed by atoms with Crippen LogP contribution in [0, 0.1) is 0 Å². The van der Waals surface area contributed by atoms with Gasteiger partial charge in [0.05, 0.1) is 30.0 Å². The summed E-state index contributed by atoms with van der Waals surface area (Å²) < 4.78 is 11.9. The Hall–Kier alpha value is -3.10. The van der Waals surface area contributed by atoms with Gasteiger partial charge in [-0.2, -0.15) is 0 Å². The first-order valence-electron chi connectivity index (χ1n) is 14.5. The van der Waals surface area contributed by atoms with Crippen LogP contribution in [0.5, 0.6) is 11.5 Å². The first-order chi connectivity index (χ1) is 19.9. The monoisotopic (exact) mass is 604 g/mol. The van der Waals surface area contributed by atoms with Gasteiger partial charge in [-0.25, -0.2) is 4.68 Å². The van der Waals surface area contributed by atoms with Gasteiger partial charge < -0.3 is 20.1 Å². The second-order valence-electron chi connectivity index (χ2n) is 10.2. The van der Waals surface area contributed by atoms with E-state index in [0.717, 1.165) is 12.8 Å². The molecule has 0 fully saturated rings. The van der Waals surface area contributed by atoms with Gasteiger partial charge in [0, 0.05) is 30.3 Å². The number of carbonyl (C=O) groups is 1. The Kier molecular flexibility index (Phi) is 13.4. The molecule has 41 heavy (non-hydrogen) atoms. The molecule has 1 heterocycles. The van der Waals surface area contributed by atoms with Crippen molar-refractivity contribution in [3.63, 3.8) is 0 Å². The summed E-state index contributed by atoms with van der Waals surface area (Å²) in [6.45, 7) is 2.25. The van der Waals surface area contributed by atoms with Crippen LogP contribution in [0.4, 0.5) is 17.2 Å². The Balaban J connectivity index is 1.53. The van der Waals surface area contributed by atoms with Crippen molar-refractivity contribution in [2.45, 2.75) is 84.0 Å². The number of halogens is 2. The highest BCUT2D eigenvalue weighted by atomic mass is 35.5. The quantitative estimate of drug-likeness (QED) is 0.126. The number of anilines is 3. The number of methoxy groups -OCH3 is 2. The van der Waals surface area contributed by atoms with Crippen LogP contribution in [0.1, 0.15) is 84.0 Å². The fourth-order valence-corrected chi connectivity index (χ4v) is 5.34. The summed E-state index contributed by atoms with van der Waals surface area (Å²) in [4.78, 5) is 25.3. The summed E-state index contributed by atoms with van der Waals surface area (Å²) in [6, 6.07) is 9.84. The first kappa shape index (κ1) is 32.4. The number of benzene rings is 2. The highest BCUT2D eigenvalue weighted by molar-refractivity contribution is 6.38. The second-order valence-corrected chi connectivity index (χ2v) is 11.0. The van der Waals surface area contributed by atoms with E-state index >= 15 is 0 Å². The zero-order valence-corrected chi connectivity index (χ0v) is 25.8. The SMILES string of the molecule is CCCCCCCCCCCCCC(=O)Nc1ccc(OC)c(Nc2cc(=O)n(-c3c(Cl)cc(OC)cc3Cl)[nH]2)c1. The van der Waals surface area contributed by atoms with E-state index in [1.165, 1.54) is 75.6 Å². The fraction of sp³-hybridized carbons (Fsp3) is 0.484. The lowest BCUT2D eigenvalue weighted by Gasteiger charge is -2.13. The van der Waals surface area contributed by atoms with Crippen LogP contribution in [-0.4, -0.2) is 29.9 Å². The molecular formula is C31H42Cl2N4O4. The number of H-pyrrole nitrogens is 1. The van der Waals surface area contributed by atoms with E-state index in [4.69, 9.17) is 32.7 Å². The first-order valence-corrected chi connectivity index (χ1v) is 15.2. The van der Waals surface area contributed by atoms with Crippen LogP contribution < -0.4 is 25.7 Å². The number of aromatic amines is 1. The third-order valence-corrected chi connectivity index (χ3v) is 7.51. The minimum Gasteiger partial charge on any atom is -0.497 e. The second kappa shape index (κ2) is 17.0. The van der Waals surface area contributed by atoms with Crippen molar-refractivity contribution in [3.8, 4) is 17.2 Å². The normalized spacial score (nSPS) is 11.0. The Labute approximate surface area is 252 Å². The molecule has 0 aliphatic rings. The standard InChI is InChI=1S/C31H42Cl2N4O4/c1-4-5-6-7-8-9-10-11-12-13-14-15-29(38)34-22-16-17-27(41-3)26(18-22)35-28-21-30(39)37(36-28)31-24(32)19-23(40-2)20-25(31)33/h16-21,35-36H,4-15H2,1-3H3,(H,34,38). The van der Waals surface area contributed by atoms with Crippen molar-refractivity contribution in [2.24, 2.45) is 0 Å². The lowest BCUT2D eigenvalue weighted by Crippen LogP contribution is -2.14. The maximum absolute atomic E-state index is 12.8. The molecule has 3 N–H and O–H groups in total. The molecule has 1 aromatic heterocycles. The van der Waals surface area contributed by atoms with E-state index < -0.39 is 0 Å². The highest BCUT2D eigenvalue weighted by Gasteiger charge is 2.16. The number of rotatable bonds is 18. The molecule has 3 aromatic rings. The third kappa shape index (κ3) is 10.0. The minimum atomic E-state index is -0.364. The summed E-state index contributed by atoms with van der Waals surface area (Å²) >= 11 is 12.7. The van der Waals surface area contributed by atoms with Crippen LogP contribution in [0.15, 0.2) is 41.2 Å². The van der Waals surface area contributed by atoms with E-state index in [1.807, 2.05) is 0 Å². The van der Waals surface area contributed by atoms with Gasteiger partial charge in [-0.05, 0) is 24.6 Å². The smallest absolute Gasteiger partial charge is 0.273 e. The van der Waals surface area contributed by atoms with Crippen LogP contribution in [0.25, 0.3) is 5.69 Å². The number of carbonyl (C=O) groups excluding carboxylic acids is 1. The van der Waals surface area contributed by atoms with E-state index in [0.29, 0.717) is 40.8 Å². The zero-order valence-electron chi connectivity index (χ0n) is 24.3. The predicted octanol–water partition coefficient (Wildman–Crippen LogP) is 8.87. The van der Waals surface area contributed by atoms with Crippen molar-refractivity contribution >= 4 is 46.3 Å². The molecule has 10 heteroatoms. The van der Waals surface area contributed by atoms with Gasteiger partial charge in [-0.1, -0.05) is 94.3 Å². The number of unbranched alkanes of at least 4 members (excludes halogenated alkanes) is 10. The highest BCUT2D eigenvalue weighted by Crippen LogP contribution is 2.34. The molecular weight excluding hydrogens is 563 g/mol. The van der Waals surface area contributed by atoms with Gasteiger partial charge in [-0.3, -0.25) is 14.7 Å². The molecule has 0 aliphatic carbocycles. The zero-order chi connectivity index (χ0) is 29.6. The maximum Gasteiger partial charge on any atom is 0.273 e. The molecule has 0 aliphatic heterocycles. The Morgan fingerprint density at radius 3 is 2.05 bits per heavy atom. The molecule has 0 spiro atoms. The van der Waals surface area contributed by atoms with Gasteiger partial charge in [0.15, 0.2) is 0 Å². The van der Waals surface area contributed by atoms with Crippen LogP contribution in [-0.2, 0) is 4.79 Å². The van der Waals surface area contributed by atoms with Gasteiger partial charge in [0.2, 0.25) is 5.91 Å². The van der Waals surface area contributed by atoms with E-state index in [-0.39, 0.29) is 21.5 Å². The van der Waals surface area contributed by atoms with Crippen LogP contribution in [0.2, 0.25) is 10.0 Å². The fourth-order valence-electron chi connectivity index (χ4n) is 4.70. The van der Waals surface area contributed by atoms with Crippen molar-refractivity contribution in [2.75, 3.05) is 24.9 Å². The molecule has 0 radical (unpaired) electrons.